The third-order valence-electron chi connectivity index (χ3n) is 2.23. The van der Waals surface area contributed by atoms with E-state index in [9.17, 15) is 13.2 Å². The highest BCUT2D eigenvalue weighted by molar-refractivity contribution is 5.54. The number of anilines is 2. The molecule has 0 saturated carbocycles. The Morgan fingerprint density at radius 1 is 1.33 bits per heavy atom. The molecule has 0 spiro atoms. The summed E-state index contributed by atoms with van der Waals surface area (Å²) in [5, 5.41) is 0. The van der Waals surface area contributed by atoms with E-state index in [1.807, 2.05) is 0 Å². The zero-order valence-electron chi connectivity index (χ0n) is 10.3. The van der Waals surface area contributed by atoms with Crippen LogP contribution in [-0.2, 0) is 0 Å². The van der Waals surface area contributed by atoms with Gasteiger partial charge in [0.1, 0.15) is 12.4 Å². The van der Waals surface area contributed by atoms with E-state index in [1.54, 1.807) is 13.8 Å². The molecule has 2 N–H and O–H groups in total. The average Bonchev–Trinajstić information content (AvgIpc) is 2.28. The van der Waals surface area contributed by atoms with E-state index in [2.05, 4.69) is 4.98 Å². The molecular weight excluding hydrogens is 247 g/mol. The van der Waals surface area contributed by atoms with Crippen LogP contribution in [0.2, 0.25) is 0 Å². The molecule has 1 aromatic rings. The minimum absolute atomic E-state index is 0.163. The van der Waals surface area contributed by atoms with Crippen molar-refractivity contribution >= 4 is 11.5 Å². The zero-order chi connectivity index (χ0) is 13.8. The molecule has 0 radical (unpaired) electrons. The Kier molecular flexibility index (Phi) is 4.63. The summed E-state index contributed by atoms with van der Waals surface area (Å²) >= 11 is 0. The van der Waals surface area contributed by atoms with Crippen LogP contribution >= 0.6 is 0 Å². The molecule has 0 bridgehead atoms. The summed E-state index contributed by atoms with van der Waals surface area (Å²) in [4.78, 5) is 5.11. The Labute approximate surface area is 104 Å². The number of nitrogen functional groups attached to an aromatic ring is 1. The molecule has 0 amide bonds. The second kappa shape index (κ2) is 5.79. The van der Waals surface area contributed by atoms with Crippen LogP contribution in [0.1, 0.15) is 13.8 Å². The minimum atomic E-state index is -4.27. The molecule has 0 aliphatic carbocycles. The summed E-state index contributed by atoms with van der Waals surface area (Å²) in [5.74, 6) is 0.364. The standard InChI is InChI=1S/C11H16F3N3O/c1-3-17(7-11(12,13)14)9-6-5-8(15)10(16-9)18-4-2/h5-6H,3-4,7,15H2,1-2H3. The molecule has 0 saturated heterocycles. The van der Waals surface area contributed by atoms with E-state index >= 15 is 0 Å². The predicted octanol–water partition coefficient (Wildman–Crippen LogP) is 2.45. The van der Waals surface area contributed by atoms with Gasteiger partial charge in [-0.1, -0.05) is 0 Å². The van der Waals surface area contributed by atoms with Gasteiger partial charge in [0.25, 0.3) is 0 Å². The van der Waals surface area contributed by atoms with Crippen LogP contribution in [-0.4, -0.2) is 30.9 Å². The van der Waals surface area contributed by atoms with Gasteiger partial charge in [-0.15, -0.1) is 0 Å². The van der Waals surface area contributed by atoms with Gasteiger partial charge < -0.3 is 15.4 Å². The van der Waals surface area contributed by atoms with E-state index in [-0.39, 0.29) is 18.2 Å². The Morgan fingerprint density at radius 3 is 2.50 bits per heavy atom. The highest BCUT2D eigenvalue weighted by Gasteiger charge is 2.31. The van der Waals surface area contributed by atoms with E-state index in [4.69, 9.17) is 10.5 Å². The summed E-state index contributed by atoms with van der Waals surface area (Å²) in [6.45, 7) is 2.88. The lowest BCUT2D eigenvalue weighted by molar-refractivity contribution is -0.119. The van der Waals surface area contributed by atoms with Gasteiger partial charge in [0.2, 0.25) is 5.88 Å². The molecule has 102 valence electrons. The molecule has 0 aliphatic heterocycles. The molecule has 0 fully saturated rings. The van der Waals surface area contributed by atoms with E-state index in [1.165, 1.54) is 12.1 Å². The monoisotopic (exact) mass is 263 g/mol. The third-order valence-corrected chi connectivity index (χ3v) is 2.23. The van der Waals surface area contributed by atoms with Crippen molar-refractivity contribution in [1.29, 1.82) is 0 Å². The Bertz CT molecular complexity index is 396. The van der Waals surface area contributed by atoms with Gasteiger partial charge in [0, 0.05) is 6.54 Å². The second-order valence-electron chi connectivity index (χ2n) is 3.63. The van der Waals surface area contributed by atoms with Gasteiger partial charge >= 0.3 is 6.18 Å². The maximum atomic E-state index is 12.4. The Hall–Kier alpha value is -1.66. The normalized spacial score (nSPS) is 11.4. The van der Waals surface area contributed by atoms with Crippen LogP contribution in [0.4, 0.5) is 24.7 Å². The highest BCUT2D eigenvalue weighted by Crippen LogP contribution is 2.25. The first-order valence-corrected chi connectivity index (χ1v) is 5.58. The fraction of sp³-hybridized carbons (Fsp3) is 0.545. The molecule has 1 heterocycles. The number of nitrogens with two attached hydrogens (primary N) is 1. The molecule has 0 unspecified atom stereocenters. The van der Waals surface area contributed by atoms with Gasteiger partial charge in [-0.2, -0.15) is 18.2 Å². The number of hydrogen-bond donors (Lipinski definition) is 1. The van der Waals surface area contributed by atoms with Crippen LogP contribution in [0.25, 0.3) is 0 Å². The molecular formula is C11H16F3N3O. The summed E-state index contributed by atoms with van der Waals surface area (Å²) in [5.41, 5.74) is 5.93. The third kappa shape index (κ3) is 3.97. The van der Waals surface area contributed by atoms with Crippen LogP contribution in [0.3, 0.4) is 0 Å². The second-order valence-corrected chi connectivity index (χ2v) is 3.63. The van der Waals surface area contributed by atoms with Crippen molar-refractivity contribution in [2.75, 3.05) is 30.3 Å². The van der Waals surface area contributed by atoms with Crippen molar-refractivity contribution < 1.29 is 17.9 Å². The Balaban J connectivity index is 2.96. The number of rotatable bonds is 5. The Morgan fingerprint density at radius 2 is 2.00 bits per heavy atom. The molecule has 0 atom stereocenters. The maximum absolute atomic E-state index is 12.4. The van der Waals surface area contributed by atoms with Crippen molar-refractivity contribution in [2.24, 2.45) is 0 Å². The molecule has 18 heavy (non-hydrogen) atoms. The maximum Gasteiger partial charge on any atom is 0.405 e. The van der Waals surface area contributed by atoms with Crippen LogP contribution in [0.5, 0.6) is 5.88 Å². The first kappa shape index (κ1) is 14.4. The van der Waals surface area contributed by atoms with Crippen molar-refractivity contribution in [1.82, 2.24) is 4.98 Å². The van der Waals surface area contributed by atoms with Gasteiger partial charge in [0.05, 0.1) is 12.3 Å². The van der Waals surface area contributed by atoms with Gasteiger partial charge in [0.15, 0.2) is 0 Å². The number of ether oxygens (including phenoxy) is 1. The van der Waals surface area contributed by atoms with Crippen molar-refractivity contribution in [3.05, 3.63) is 12.1 Å². The number of aromatic nitrogens is 1. The average molecular weight is 263 g/mol. The number of halogens is 3. The van der Waals surface area contributed by atoms with Crippen LogP contribution in [0, 0.1) is 0 Å². The number of alkyl halides is 3. The summed E-state index contributed by atoms with van der Waals surface area (Å²) < 4.78 is 42.3. The number of hydrogen-bond acceptors (Lipinski definition) is 4. The van der Waals surface area contributed by atoms with Crippen molar-refractivity contribution in [3.8, 4) is 5.88 Å². The van der Waals surface area contributed by atoms with E-state index < -0.39 is 12.7 Å². The van der Waals surface area contributed by atoms with E-state index in [0.717, 1.165) is 4.90 Å². The molecule has 1 aromatic heterocycles. The molecule has 7 heteroatoms. The van der Waals surface area contributed by atoms with Gasteiger partial charge in [-0.3, -0.25) is 0 Å². The van der Waals surface area contributed by atoms with Crippen LogP contribution in [0.15, 0.2) is 12.1 Å². The largest absolute Gasteiger partial charge is 0.476 e. The zero-order valence-corrected chi connectivity index (χ0v) is 10.3. The summed E-state index contributed by atoms with van der Waals surface area (Å²) in [7, 11) is 0. The summed E-state index contributed by atoms with van der Waals surface area (Å²) in [6, 6.07) is 2.94. The highest BCUT2D eigenvalue weighted by atomic mass is 19.4. The molecule has 0 aromatic carbocycles. The number of nitrogens with zero attached hydrogens (tertiary/aromatic N) is 2. The first-order chi connectivity index (χ1) is 8.37. The SMILES string of the molecule is CCOc1nc(N(CC)CC(F)(F)F)ccc1N. The fourth-order valence-electron chi connectivity index (χ4n) is 1.44. The molecule has 4 nitrogen and oxygen atoms in total. The lowest BCUT2D eigenvalue weighted by Gasteiger charge is -2.23. The molecule has 0 aliphatic rings. The molecule has 1 rings (SSSR count). The fourth-order valence-corrected chi connectivity index (χ4v) is 1.44. The summed E-state index contributed by atoms with van der Waals surface area (Å²) in [6.07, 6.45) is -4.27. The quantitative estimate of drug-likeness (QED) is 0.886. The van der Waals surface area contributed by atoms with Gasteiger partial charge in [-0.05, 0) is 26.0 Å². The van der Waals surface area contributed by atoms with Crippen LogP contribution < -0.4 is 15.4 Å². The lowest BCUT2D eigenvalue weighted by atomic mass is 10.3. The van der Waals surface area contributed by atoms with Crippen molar-refractivity contribution in [2.45, 2.75) is 20.0 Å². The minimum Gasteiger partial charge on any atom is -0.476 e. The van der Waals surface area contributed by atoms with Crippen molar-refractivity contribution in [3.63, 3.8) is 0 Å². The lowest BCUT2D eigenvalue weighted by Crippen LogP contribution is -2.34. The van der Waals surface area contributed by atoms with Gasteiger partial charge in [-0.25, -0.2) is 0 Å². The van der Waals surface area contributed by atoms with E-state index in [0.29, 0.717) is 12.3 Å². The number of pyridine rings is 1. The smallest absolute Gasteiger partial charge is 0.405 e. The first-order valence-electron chi connectivity index (χ1n) is 5.58. The predicted molar refractivity (Wildman–Crippen MR) is 63.8 cm³/mol. The topological polar surface area (TPSA) is 51.4 Å².